The summed E-state index contributed by atoms with van der Waals surface area (Å²) in [5, 5.41) is 8.96. The Kier molecular flexibility index (Phi) is 5.11. The second-order valence-corrected chi connectivity index (χ2v) is 6.14. The van der Waals surface area contributed by atoms with Crippen molar-refractivity contribution >= 4 is 34.9 Å². The van der Waals surface area contributed by atoms with Crippen molar-refractivity contribution in [2.75, 3.05) is 5.32 Å². The van der Waals surface area contributed by atoms with Gasteiger partial charge in [0.15, 0.2) is 0 Å². The zero-order valence-electron chi connectivity index (χ0n) is 13.5. The van der Waals surface area contributed by atoms with Crippen LogP contribution >= 0.6 is 11.3 Å². The quantitative estimate of drug-likeness (QED) is 0.680. The van der Waals surface area contributed by atoms with Gasteiger partial charge in [0.1, 0.15) is 11.5 Å². The van der Waals surface area contributed by atoms with Crippen molar-refractivity contribution in [2.24, 2.45) is 0 Å². The highest BCUT2D eigenvalue weighted by Crippen LogP contribution is 2.13. The van der Waals surface area contributed by atoms with Crippen molar-refractivity contribution in [3.63, 3.8) is 0 Å². The molecule has 3 rings (SSSR count). The first kappa shape index (κ1) is 16.7. The molecule has 2 amide bonds. The van der Waals surface area contributed by atoms with Crippen molar-refractivity contribution < 1.29 is 14.0 Å². The Morgan fingerprint density at radius 3 is 2.72 bits per heavy atom. The van der Waals surface area contributed by atoms with Crippen LogP contribution in [-0.4, -0.2) is 11.8 Å². The summed E-state index contributed by atoms with van der Waals surface area (Å²) in [5.41, 5.74) is 2.28. The molecule has 0 spiro atoms. The van der Waals surface area contributed by atoms with Gasteiger partial charge in [-0.15, -0.1) is 0 Å². The molecule has 6 heteroatoms. The number of thiophene rings is 1. The Morgan fingerprint density at radius 2 is 2.04 bits per heavy atom. The third-order valence-electron chi connectivity index (χ3n) is 3.38. The van der Waals surface area contributed by atoms with E-state index in [-0.39, 0.29) is 11.6 Å². The Balaban J connectivity index is 1.83. The van der Waals surface area contributed by atoms with E-state index in [1.807, 2.05) is 25.1 Å². The van der Waals surface area contributed by atoms with E-state index in [0.717, 1.165) is 5.56 Å². The number of rotatable bonds is 5. The standard InChI is InChI=1S/C19H16N2O3S/c1-13-4-2-5-15(10-13)20-19(23)17(11-16-6-3-8-24-16)21-18(22)14-7-9-25-12-14/h2-12H,1H3,(H,20,23)(H,21,22)/b17-11-. The molecule has 126 valence electrons. The summed E-state index contributed by atoms with van der Waals surface area (Å²) in [6.45, 7) is 1.94. The van der Waals surface area contributed by atoms with Gasteiger partial charge in [-0.2, -0.15) is 11.3 Å². The van der Waals surface area contributed by atoms with Crippen molar-refractivity contribution in [2.45, 2.75) is 6.92 Å². The molecule has 2 heterocycles. The molecule has 0 aliphatic rings. The first-order valence-corrected chi connectivity index (χ1v) is 8.53. The minimum absolute atomic E-state index is 0.104. The minimum Gasteiger partial charge on any atom is -0.465 e. The summed E-state index contributed by atoms with van der Waals surface area (Å²) >= 11 is 1.41. The average Bonchev–Trinajstić information content (AvgIpc) is 3.28. The van der Waals surface area contributed by atoms with Crippen LogP contribution in [0.4, 0.5) is 5.69 Å². The molecule has 0 saturated heterocycles. The smallest absolute Gasteiger partial charge is 0.272 e. The van der Waals surface area contributed by atoms with Gasteiger partial charge < -0.3 is 15.1 Å². The van der Waals surface area contributed by atoms with Crippen LogP contribution in [0.3, 0.4) is 0 Å². The molecule has 0 unspecified atom stereocenters. The normalized spacial score (nSPS) is 11.2. The molecule has 2 aromatic heterocycles. The highest BCUT2D eigenvalue weighted by molar-refractivity contribution is 7.08. The number of hydrogen-bond donors (Lipinski definition) is 2. The highest BCUT2D eigenvalue weighted by atomic mass is 32.1. The summed E-state index contributed by atoms with van der Waals surface area (Å²) in [6.07, 6.45) is 3.00. The van der Waals surface area contributed by atoms with Crippen LogP contribution < -0.4 is 10.6 Å². The Morgan fingerprint density at radius 1 is 1.16 bits per heavy atom. The van der Waals surface area contributed by atoms with Crippen LogP contribution in [0.2, 0.25) is 0 Å². The fraction of sp³-hybridized carbons (Fsp3) is 0.0526. The average molecular weight is 352 g/mol. The van der Waals surface area contributed by atoms with Gasteiger partial charge in [-0.1, -0.05) is 12.1 Å². The van der Waals surface area contributed by atoms with Crippen molar-refractivity contribution in [3.05, 3.63) is 82.1 Å². The summed E-state index contributed by atoms with van der Waals surface area (Å²) in [4.78, 5) is 24.9. The maximum absolute atomic E-state index is 12.6. The lowest BCUT2D eigenvalue weighted by atomic mass is 10.2. The molecule has 3 aromatic rings. The van der Waals surface area contributed by atoms with Gasteiger partial charge in [0, 0.05) is 17.1 Å². The number of amides is 2. The zero-order chi connectivity index (χ0) is 17.6. The lowest BCUT2D eigenvalue weighted by molar-refractivity contribution is -0.113. The molecular formula is C19H16N2O3S. The second kappa shape index (κ2) is 7.63. The van der Waals surface area contributed by atoms with Gasteiger partial charge in [-0.3, -0.25) is 9.59 Å². The number of furan rings is 1. The number of carbonyl (C=O) groups excluding carboxylic acids is 2. The van der Waals surface area contributed by atoms with Crippen molar-refractivity contribution in [1.82, 2.24) is 5.32 Å². The monoisotopic (exact) mass is 352 g/mol. The molecule has 1 aromatic carbocycles. The molecular weight excluding hydrogens is 336 g/mol. The van der Waals surface area contributed by atoms with E-state index in [9.17, 15) is 9.59 Å². The second-order valence-electron chi connectivity index (χ2n) is 5.36. The number of carbonyl (C=O) groups is 2. The predicted molar refractivity (Wildman–Crippen MR) is 98.3 cm³/mol. The maximum Gasteiger partial charge on any atom is 0.272 e. The largest absolute Gasteiger partial charge is 0.465 e. The third kappa shape index (κ3) is 4.45. The van der Waals surface area contributed by atoms with Gasteiger partial charge >= 0.3 is 0 Å². The number of nitrogens with one attached hydrogen (secondary N) is 2. The molecule has 0 aliphatic heterocycles. The van der Waals surface area contributed by atoms with E-state index in [0.29, 0.717) is 17.0 Å². The number of anilines is 1. The number of benzene rings is 1. The molecule has 0 fully saturated rings. The molecule has 0 aliphatic carbocycles. The topological polar surface area (TPSA) is 71.3 Å². The molecule has 0 saturated carbocycles. The van der Waals surface area contributed by atoms with Gasteiger partial charge in [0.25, 0.3) is 11.8 Å². The summed E-state index contributed by atoms with van der Waals surface area (Å²) in [6, 6.07) is 12.5. The van der Waals surface area contributed by atoms with Gasteiger partial charge in [-0.25, -0.2) is 0 Å². The van der Waals surface area contributed by atoms with E-state index in [1.165, 1.54) is 23.7 Å². The fourth-order valence-electron chi connectivity index (χ4n) is 2.18. The zero-order valence-corrected chi connectivity index (χ0v) is 14.3. The minimum atomic E-state index is -0.425. The number of aryl methyl sites for hydroxylation is 1. The van der Waals surface area contributed by atoms with E-state index in [2.05, 4.69) is 10.6 Å². The van der Waals surface area contributed by atoms with E-state index < -0.39 is 5.91 Å². The van der Waals surface area contributed by atoms with Crippen LogP contribution in [0.25, 0.3) is 6.08 Å². The van der Waals surface area contributed by atoms with Crippen LogP contribution in [0, 0.1) is 6.92 Å². The fourth-order valence-corrected chi connectivity index (χ4v) is 2.82. The van der Waals surface area contributed by atoms with Gasteiger partial charge in [0.2, 0.25) is 0 Å². The third-order valence-corrected chi connectivity index (χ3v) is 4.07. The van der Waals surface area contributed by atoms with Crippen LogP contribution in [0.5, 0.6) is 0 Å². The van der Waals surface area contributed by atoms with Crippen molar-refractivity contribution in [3.8, 4) is 0 Å². The highest BCUT2D eigenvalue weighted by Gasteiger charge is 2.16. The van der Waals surface area contributed by atoms with Crippen LogP contribution in [-0.2, 0) is 4.79 Å². The Hall–Kier alpha value is -3.12. The van der Waals surface area contributed by atoms with Crippen molar-refractivity contribution in [1.29, 1.82) is 0 Å². The van der Waals surface area contributed by atoms with E-state index in [1.54, 1.807) is 35.0 Å². The summed E-state index contributed by atoms with van der Waals surface area (Å²) in [5.74, 6) is -0.302. The first-order valence-electron chi connectivity index (χ1n) is 7.58. The predicted octanol–water partition coefficient (Wildman–Crippen LogP) is 4.06. The molecule has 0 bridgehead atoms. The molecule has 2 N–H and O–H groups in total. The van der Waals surface area contributed by atoms with Gasteiger partial charge in [-0.05, 0) is 48.2 Å². The molecule has 0 radical (unpaired) electrons. The van der Waals surface area contributed by atoms with E-state index >= 15 is 0 Å². The van der Waals surface area contributed by atoms with Crippen LogP contribution in [0.1, 0.15) is 21.7 Å². The lowest BCUT2D eigenvalue weighted by Crippen LogP contribution is -2.30. The first-order chi connectivity index (χ1) is 12.1. The van der Waals surface area contributed by atoms with E-state index in [4.69, 9.17) is 4.42 Å². The maximum atomic E-state index is 12.6. The lowest BCUT2D eigenvalue weighted by Gasteiger charge is -2.10. The Labute approximate surface area is 149 Å². The Bertz CT molecular complexity index is 897. The number of hydrogen-bond acceptors (Lipinski definition) is 4. The SMILES string of the molecule is Cc1cccc(NC(=O)/C(=C/c2ccco2)NC(=O)c2ccsc2)c1. The molecule has 0 atom stereocenters. The summed E-state index contributed by atoms with van der Waals surface area (Å²) < 4.78 is 5.25. The molecule has 25 heavy (non-hydrogen) atoms. The van der Waals surface area contributed by atoms with Gasteiger partial charge in [0.05, 0.1) is 11.8 Å². The molecule has 5 nitrogen and oxygen atoms in total. The summed E-state index contributed by atoms with van der Waals surface area (Å²) in [7, 11) is 0. The van der Waals surface area contributed by atoms with Crippen LogP contribution in [0.15, 0.2) is 69.6 Å².